The van der Waals surface area contributed by atoms with Gasteiger partial charge in [-0.3, -0.25) is 4.79 Å². The first-order valence-electron chi connectivity index (χ1n) is 10.8. The average molecular weight is 479 g/mol. The zero-order valence-corrected chi connectivity index (χ0v) is 20.8. The number of rotatable bonds is 7. The van der Waals surface area contributed by atoms with E-state index in [2.05, 4.69) is 25.2 Å². The van der Waals surface area contributed by atoms with E-state index in [1.807, 2.05) is 19.9 Å². The van der Waals surface area contributed by atoms with Crippen molar-refractivity contribution in [2.75, 3.05) is 20.2 Å². The van der Waals surface area contributed by atoms with Crippen molar-refractivity contribution >= 4 is 27.5 Å². The van der Waals surface area contributed by atoms with E-state index >= 15 is 0 Å². The number of carbonyl (C=O) groups is 1. The van der Waals surface area contributed by atoms with Gasteiger partial charge in [0.25, 0.3) is 5.91 Å². The lowest BCUT2D eigenvalue weighted by molar-refractivity contribution is 0.0939. The molecule has 1 atom stereocenters. The van der Waals surface area contributed by atoms with Crippen molar-refractivity contribution in [2.45, 2.75) is 57.4 Å². The van der Waals surface area contributed by atoms with Gasteiger partial charge in [-0.05, 0) is 79.6 Å². The summed E-state index contributed by atoms with van der Waals surface area (Å²) in [5.41, 5.74) is 3.32. The van der Waals surface area contributed by atoms with Gasteiger partial charge in [0.2, 0.25) is 10.0 Å². The summed E-state index contributed by atoms with van der Waals surface area (Å²) < 4.78 is 32.9. The predicted molar refractivity (Wildman–Crippen MR) is 127 cm³/mol. The van der Waals surface area contributed by atoms with Crippen LogP contribution in [0.3, 0.4) is 0 Å². The molecule has 1 aliphatic heterocycles. The van der Waals surface area contributed by atoms with Crippen molar-refractivity contribution < 1.29 is 17.9 Å². The van der Waals surface area contributed by atoms with Gasteiger partial charge in [0.1, 0.15) is 10.6 Å². The highest BCUT2D eigenvalue weighted by molar-refractivity contribution is 7.89. The number of hydrogen-bond donors (Lipinski definition) is 1. The van der Waals surface area contributed by atoms with E-state index in [9.17, 15) is 13.2 Å². The third-order valence-corrected chi connectivity index (χ3v) is 8.31. The molecule has 8 heteroatoms. The van der Waals surface area contributed by atoms with E-state index in [4.69, 9.17) is 16.3 Å². The fourth-order valence-corrected chi connectivity index (χ4v) is 6.10. The molecule has 0 aliphatic carbocycles. The molecule has 0 unspecified atom stereocenters. The summed E-state index contributed by atoms with van der Waals surface area (Å²) in [4.78, 5) is 13.0. The van der Waals surface area contributed by atoms with E-state index in [1.165, 1.54) is 16.4 Å². The second-order valence-electron chi connectivity index (χ2n) is 8.56. The minimum Gasteiger partial charge on any atom is -0.496 e. The summed E-state index contributed by atoms with van der Waals surface area (Å²) in [7, 11) is -2.08. The Labute approximate surface area is 196 Å². The SMILES string of the molecule is COc1cc(C)c([C@H](C)NC(=O)c2ccc(Cl)c(S(=O)(=O)N3CCCC3)c2)cc1C(C)C. The fourth-order valence-electron chi connectivity index (χ4n) is 4.08. The lowest BCUT2D eigenvalue weighted by atomic mass is 9.93. The number of ether oxygens (including phenoxy) is 1. The number of benzene rings is 2. The van der Waals surface area contributed by atoms with Gasteiger partial charge in [-0.25, -0.2) is 8.42 Å². The molecule has 6 nitrogen and oxygen atoms in total. The summed E-state index contributed by atoms with van der Waals surface area (Å²) >= 11 is 6.21. The first-order valence-corrected chi connectivity index (χ1v) is 12.7. The van der Waals surface area contributed by atoms with Crippen LogP contribution in [0.15, 0.2) is 35.2 Å². The van der Waals surface area contributed by atoms with Crippen LogP contribution in [0.4, 0.5) is 0 Å². The van der Waals surface area contributed by atoms with Crippen LogP contribution in [0.5, 0.6) is 5.75 Å². The Morgan fingerprint density at radius 1 is 1.09 bits per heavy atom. The van der Waals surface area contributed by atoms with E-state index in [-0.39, 0.29) is 33.3 Å². The molecule has 1 heterocycles. The number of methoxy groups -OCH3 is 1. The zero-order chi connectivity index (χ0) is 23.6. The average Bonchev–Trinajstić information content (AvgIpc) is 3.29. The van der Waals surface area contributed by atoms with Crippen LogP contribution in [-0.2, 0) is 10.0 Å². The maximum Gasteiger partial charge on any atom is 0.251 e. The molecular formula is C24H31ClN2O4S. The van der Waals surface area contributed by atoms with Gasteiger partial charge in [0, 0.05) is 18.7 Å². The summed E-state index contributed by atoms with van der Waals surface area (Å²) in [5, 5.41) is 3.11. The Hall–Kier alpha value is -2.09. The Morgan fingerprint density at radius 3 is 2.34 bits per heavy atom. The van der Waals surface area contributed by atoms with Crippen LogP contribution >= 0.6 is 11.6 Å². The molecule has 0 bridgehead atoms. The summed E-state index contributed by atoms with van der Waals surface area (Å²) in [6.45, 7) is 9.02. The number of nitrogens with zero attached hydrogens (tertiary/aromatic N) is 1. The summed E-state index contributed by atoms with van der Waals surface area (Å²) in [6.07, 6.45) is 1.65. The van der Waals surface area contributed by atoms with Gasteiger partial charge in [0.15, 0.2) is 0 Å². The molecule has 1 aliphatic rings. The van der Waals surface area contributed by atoms with Crippen molar-refractivity contribution in [3.63, 3.8) is 0 Å². The number of amides is 1. The van der Waals surface area contributed by atoms with E-state index in [1.54, 1.807) is 13.2 Å². The second-order valence-corrected chi connectivity index (χ2v) is 10.9. The monoisotopic (exact) mass is 478 g/mol. The quantitative estimate of drug-likeness (QED) is 0.603. The van der Waals surface area contributed by atoms with Crippen LogP contribution < -0.4 is 10.1 Å². The summed E-state index contributed by atoms with van der Waals surface area (Å²) in [5.74, 6) is 0.740. The first kappa shape index (κ1) is 24.6. The van der Waals surface area contributed by atoms with E-state index in [0.717, 1.165) is 35.3 Å². The van der Waals surface area contributed by atoms with Crippen LogP contribution in [0, 0.1) is 6.92 Å². The molecule has 3 rings (SSSR count). The Morgan fingerprint density at radius 2 is 1.75 bits per heavy atom. The molecule has 1 N–H and O–H groups in total. The van der Waals surface area contributed by atoms with Gasteiger partial charge in [-0.15, -0.1) is 0 Å². The normalized spacial score (nSPS) is 15.7. The maximum absolute atomic E-state index is 13.0. The highest BCUT2D eigenvalue weighted by atomic mass is 35.5. The van der Waals surface area contributed by atoms with Crippen LogP contribution in [0.25, 0.3) is 0 Å². The number of sulfonamides is 1. The van der Waals surface area contributed by atoms with Crippen molar-refractivity contribution in [3.8, 4) is 5.75 Å². The van der Waals surface area contributed by atoms with Crippen molar-refractivity contribution in [2.24, 2.45) is 0 Å². The molecule has 1 fully saturated rings. The lowest BCUT2D eigenvalue weighted by Crippen LogP contribution is -2.29. The number of halogens is 1. The Bertz CT molecular complexity index is 1110. The van der Waals surface area contributed by atoms with Crippen molar-refractivity contribution in [3.05, 3.63) is 57.6 Å². The van der Waals surface area contributed by atoms with Crippen molar-refractivity contribution in [1.82, 2.24) is 9.62 Å². The minimum absolute atomic E-state index is 0.0240. The van der Waals surface area contributed by atoms with Gasteiger partial charge in [-0.2, -0.15) is 4.31 Å². The van der Waals surface area contributed by atoms with E-state index < -0.39 is 10.0 Å². The molecule has 0 spiro atoms. The molecule has 174 valence electrons. The molecule has 0 aromatic heterocycles. The topological polar surface area (TPSA) is 75.7 Å². The van der Waals surface area contributed by atoms with Gasteiger partial charge in [-0.1, -0.05) is 25.4 Å². The standard InChI is InChI=1S/C24H31ClN2O4S/c1-15(2)19-14-20(16(3)12-22(19)31-5)17(4)26-24(28)18-8-9-21(25)23(13-18)32(29,30)27-10-6-7-11-27/h8-9,12-15,17H,6-7,10-11H2,1-5H3,(H,26,28)/t17-/m0/s1. The molecule has 2 aromatic carbocycles. The number of carbonyl (C=O) groups excluding carboxylic acids is 1. The molecular weight excluding hydrogens is 448 g/mol. The highest BCUT2D eigenvalue weighted by Crippen LogP contribution is 2.32. The third kappa shape index (κ3) is 4.95. The van der Waals surface area contributed by atoms with Crippen LogP contribution in [-0.4, -0.2) is 38.8 Å². The third-order valence-electron chi connectivity index (χ3n) is 5.93. The smallest absolute Gasteiger partial charge is 0.251 e. The van der Waals surface area contributed by atoms with Crippen LogP contribution in [0.2, 0.25) is 5.02 Å². The zero-order valence-electron chi connectivity index (χ0n) is 19.2. The molecule has 1 saturated heterocycles. The molecule has 2 aromatic rings. The fraction of sp³-hybridized carbons (Fsp3) is 0.458. The van der Waals surface area contributed by atoms with Crippen molar-refractivity contribution in [1.29, 1.82) is 0 Å². The predicted octanol–water partition coefficient (Wildman–Crippen LogP) is 5.06. The van der Waals surface area contributed by atoms with Crippen LogP contribution in [0.1, 0.15) is 72.6 Å². The Kier molecular flexibility index (Phi) is 7.53. The number of nitrogens with one attached hydrogen (secondary N) is 1. The highest BCUT2D eigenvalue weighted by Gasteiger charge is 2.30. The molecule has 0 radical (unpaired) electrons. The lowest BCUT2D eigenvalue weighted by Gasteiger charge is -2.21. The summed E-state index contributed by atoms with van der Waals surface area (Å²) in [6, 6.07) is 8.16. The molecule has 1 amide bonds. The second kappa shape index (κ2) is 9.81. The maximum atomic E-state index is 13.0. The van der Waals surface area contributed by atoms with Gasteiger partial charge >= 0.3 is 0 Å². The van der Waals surface area contributed by atoms with E-state index in [0.29, 0.717) is 13.1 Å². The number of hydrogen-bond acceptors (Lipinski definition) is 4. The minimum atomic E-state index is -3.73. The first-order chi connectivity index (χ1) is 15.1. The number of aryl methyl sites for hydroxylation is 1. The Balaban J connectivity index is 1.87. The molecule has 0 saturated carbocycles. The van der Waals surface area contributed by atoms with Gasteiger partial charge < -0.3 is 10.1 Å². The van der Waals surface area contributed by atoms with Gasteiger partial charge in [0.05, 0.1) is 18.2 Å². The molecule has 32 heavy (non-hydrogen) atoms. The largest absolute Gasteiger partial charge is 0.496 e.